The maximum Gasteiger partial charge on any atom is 0.241 e. The third kappa shape index (κ3) is 7.57. The molecule has 2 fully saturated rings. The van der Waals surface area contributed by atoms with E-state index in [0.717, 1.165) is 31.1 Å². The van der Waals surface area contributed by atoms with Crippen LogP contribution >= 0.6 is 24.0 Å². The second kappa shape index (κ2) is 11.3. The second-order valence-electron chi connectivity index (χ2n) is 9.45. The summed E-state index contributed by atoms with van der Waals surface area (Å²) in [6.45, 7) is 8.10. The highest BCUT2D eigenvalue weighted by atomic mass is 127. The summed E-state index contributed by atoms with van der Waals surface area (Å²) in [7, 11) is -1.85. The molecule has 0 aromatic heterocycles. The van der Waals surface area contributed by atoms with Crippen LogP contribution in [-0.2, 0) is 16.6 Å². The van der Waals surface area contributed by atoms with E-state index in [0.29, 0.717) is 23.4 Å². The lowest BCUT2D eigenvalue weighted by Crippen LogP contribution is -2.45. The number of halogens is 1. The third-order valence-electron chi connectivity index (χ3n) is 5.77. The van der Waals surface area contributed by atoms with Crippen molar-refractivity contribution in [1.82, 2.24) is 20.3 Å². The Morgan fingerprint density at radius 2 is 1.84 bits per heavy atom. The molecule has 2 aliphatic rings. The van der Waals surface area contributed by atoms with Crippen LogP contribution in [0.4, 0.5) is 0 Å². The average Bonchev–Trinajstić information content (AvgIpc) is 3.35. The highest BCUT2D eigenvalue weighted by molar-refractivity contribution is 14.0. The summed E-state index contributed by atoms with van der Waals surface area (Å²) in [6.07, 6.45) is 6.47. The highest BCUT2D eigenvalue weighted by Gasteiger charge is 2.30. The lowest BCUT2D eigenvalue weighted by atomic mass is 10.1. The van der Waals surface area contributed by atoms with Gasteiger partial charge in [-0.25, -0.2) is 13.1 Å². The van der Waals surface area contributed by atoms with Crippen molar-refractivity contribution in [2.24, 2.45) is 4.99 Å². The largest absolute Gasteiger partial charge is 0.352 e. The first-order valence-corrected chi connectivity index (χ1v) is 12.5. The lowest BCUT2D eigenvalue weighted by Gasteiger charge is -2.24. The van der Waals surface area contributed by atoms with Gasteiger partial charge in [-0.1, -0.05) is 31.0 Å². The maximum atomic E-state index is 12.8. The van der Waals surface area contributed by atoms with Crippen LogP contribution in [0.3, 0.4) is 0 Å². The molecule has 1 atom stereocenters. The number of guanidine groups is 1. The summed E-state index contributed by atoms with van der Waals surface area (Å²) in [5.41, 5.74) is 0.182. The predicted molar refractivity (Wildman–Crippen MR) is 137 cm³/mol. The van der Waals surface area contributed by atoms with E-state index in [1.165, 1.54) is 25.7 Å². The Balaban J connectivity index is 0.00000341. The number of aliphatic imine (C=N–C) groups is 1. The van der Waals surface area contributed by atoms with Crippen LogP contribution in [-0.4, -0.2) is 57.0 Å². The van der Waals surface area contributed by atoms with Crippen molar-refractivity contribution >= 4 is 40.0 Å². The van der Waals surface area contributed by atoms with Crippen molar-refractivity contribution < 1.29 is 8.42 Å². The molecular weight excluding hydrogens is 525 g/mol. The van der Waals surface area contributed by atoms with Gasteiger partial charge in [-0.15, -0.1) is 24.0 Å². The first-order chi connectivity index (χ1) is 14.2. The van der Waals surface area contributed by atoms with E-state index in [-0.39, 0.29) is 24.0 Å². The van der Waals surface area contributed by atoms with E-state index in [1.54, 1.807) is 19.2 Å². The van der Waals surface area contributed by atoms with E-state index in [9.17, 15) is 8.42 Å². The fourth-order valence-electron chi connectivity index (χ4n) is 4.44. The Morgan fingerprint density at radius 1 is 1.16 bits per heavy atom. The number of rotatable bonds is 6. The van der Waals surface area contributed by atoms with Gasteiger partial charge in [-0.3, -0.25) is 9.89 Å². The third-order valence-corrected chi connectivity index (χ3v) is 7.63. The molecule has 0 radical (unpaired) electrons. The van der Waals surface area contributed by atoms with Crippen LogP contribution in [0.1, 0.15) is 58.4 Å². The molecule has 1 heterocycles. The van der Waals surface area contributed by atoms with Gasteiger partial charge in [0, 0.05) is 44.3 Å². The molecule has 176 valence electrons. The minimum Gasteiger partial charge on any atom is -0.352 e. The molecule has 3 rings (SSSR count). The zero-order chi connectivity index (χ0) is 21.8. The zero-order valence-corrected chi connectivity index (χ0v) is 22.3. The molecule has 1 aliphatic heterocycles. The normalized spacial score (nSPS) is 21.2. The molecule has 0 bridgehead atoms. The summed E-state index contributed by atoms with van der Waals surface area (Å²) >= 11 is 0. The van der Waals surface area contributed by atoms with E-state index in [2.05, 4.69) is 25.2 Å². The Kier molecular flexibility index (Phi) is 9.59. The summed E-state index contributed by atoms with van der Waals surface area (Å²) in [4.78, 5) is 7.26. The molecular formula is C22H38IN5O2S. The minimum atomic E-state index is -3.60. The molecule has 1 aromatic rings. The van der Waals surface area contributed by atoms with Crippen LogP contribution < -0.4 is 15.4 Å². The topological polar surface area (TPSA) is 85.8 Å². The monoisotopic (exact) mass is 563 g/mol. The van der Waals surface area contributed by atoms with Crippen LogP contribution in [0.2, 0.25) is 0 Å². The number of hydrogen-bond donors (Lipinski definition) is 3. The van der Waals surface area contributed by atoms with Crippen molar-refractivity contribution in [3.05, 3.63) is 29.8 Å². The molecule has 0 spiro atoms. The number of hydrogen-bond acceptors (Lipinski definition) is 4. The van der Waals surface area contributed by atoms with E-state index in [4.69, 9.17) is 0 Å². The summed E-state index contributed by atoms with van der Waals surface area (Å²) in [5, 5.41) is 6.82. The predicted octanol–water partition coefficient (Wildman–Crippen LogP) is 3.06. The number of likely N-dealkylation sites (tertiary alicyclic amines) is 1. The van der Waals surface area contributed by atoms with Gasteiger partial charge >= 0.3 is 0 Å². The van der Waals surface area contributed by atoms with Crippen molar-refractivity contribution in [1.29, 1.82) is 0 Å². The standard InChI is InChI=1S/C22H37N5O2S.HI/c1-22(2,3)26-30(28,29)20-12-8-5-9-17(20)15-24-21(23-4)25-18-13-14-27(16-18)19-10-6-7-11-19;/h5,8-9,12,18-19,26H,6-7,10-11,13-16H2,1-4H3,(H2,23,24,25);1H. The van der Waals surface area contributed by atoms with Gasteiger partial charge in [0.25, 0.3) is 0 Å². The summed E-state index contributed by atoms with van der Waals surface area (Å²) in [6, 6.07) is 8.23. The van der Waals surface area contributed by atoms with Gasteiger partial charge in [0.1, 0.15) is 0 Å². The van der Waals surface area contributed by atoms with E-state index in [1.807, 2.05) is 32.9 Å². The van der Waals surface area contributed by atoms with Crippen LogP contribution in [0.15, 0.2) is 34.2 Å². The van der Waals surface area contributed by atoms with Crippen molar-refractivity contribution in [3.63, 3.8) is 0 Å². The van der Waals surface area contributed by atoms with Gasteiger partial charge < -0.3 is 10.6 Å². The van der Waals surface area contributed by atoms with Crippen molar-refractivity contribution in [2.75, 3.05) is 20.1 Å². The van der Waals surface area contributed by atoms with Crippen molar-refractivity contribution in [2.45, 2.75) is 81.9 Å². The van der Waals surface area contributed by atoms with Crippen molar-refractivity contribution in [3.8, 4) is 0 Å². The van der Waals surface area contributed by atoms with Crippen LogP contribution in [0.5, 0.6) is 0 Å². The summed E-state index contributed by atoms with van der Waals surface area (Å²) in [5.74, 6) is 0.712. The fourth-order valence-corrected chi connectivity index (χ4v) is 6.10. The minimum absolute atomic E-state index is 0. The Hall–Kier alpha value is -0.910. The van der Waals surface area contributed by atoms with Gasteiger partial charge in [0.2, 0.25) is 10.0 Å². The number of nitrogens with zero attached hydrogens (tertiary/aromatic N) is 2. The molecule has 1 unspecified atom stereocenters. The molecule has 0 amide bonds. The Bertz CT molecular complexity index is 848. The quantitative estimate of drug-likeness (QED) is 0.282. The first-order valence-electron chi connectivity index (χ1n) is 11.0. The smallest absolute Gasteiger partial charge is 0.241 e. The van der Waals surface area contributed by atoms with Gasteiger partial charge in [0.15, 0.2) is 5.96 Å². The molecule has 1 aliphatic carbocycles. The SMILES string of the molecule is CN=C(NCc1ccccc1S(=O)(=O)NC(C)(C)C)NC1CCN(C2CCCC2)C1.I. The molecule has 7 nitrogen and oxygen atoms in total. The van der Waals surface area contributed by atoms with E-state index < -0.39 is 15.6 Å². The van der Waals surface area contributed by atoms with Crippen LogP contribution in [0, 0.1) is 0 Å². The molecule has 1 saturated carbocycles. The van der Waals surface area contributed by atoms with Crippen LogP contribution in [0.25, 0.3) is 0 Å². The Morgan fingerprint density at radius 3 is 2.48 bits per heavy atom. The average molecular weight is 564 g/mol. The molecule has 1 aromatic carbocycles. The molecule has 3 N–H and O–H groups in total. The second-order valence-corrected chi connectivity index (χ2v) is 11.1. The number of benzene rings is 1. The van der Waals surface area contributed by atoms with Gasteiger partial charge in [-0.05, 0) is 51.7 Å². The highest BCUT2D eigenvalue weighted by Crippen LogP contribution is 2.26. The van der Waals surface area contributed by atoms with E-state index >= 15 is 0 Å². The van der Waals surface area contributed by atoms with Gasteiger partial charge in [-0.2, -0.15) is 0 Å². The molecule has 1 saturated heterocycles. The number of sulfonamides is 1. The first kappa shape index (κ1) is 26.3. The summed E-state index contributed by atoms with van der Waals surface area (Å²) < 4.78 is 28.4. The fraction of sp³-hybridized carbons (Fsp3) is 0.682. The molecule has 31 heavy (non-hydrogen) atoms. The zero-order valence-electron chi connectivity index (χ0n) is 19.1. The Labute approximate surface area is 204 Å². The number of nitrogens with one attached hydrogen (secondary N) is 3. The maximum absolute atomic E-state index is 12.8. The van der Waals surface area contributed by atoms with Gasteiger partial charge in [0.05, 0.1) is 4.90 Å². The molecule has 9 heteroatoms. The lowest BCUT2D eigenvalue weighted by molar-refractivity contribution is 0.242.